The molecule has 0 saturated heterocycles. The van der Waals surface area contributed by atoms with Crippen LogP contribution < -0.4 is 15.4 Å². The number of thiocarbonyl (C=S) groups is 1. The Balaban J connectivity index is 1.59. The minimum Gasteiger partial charge on any atom is -0.457 e. The number of amides is 1. The molecule has 3 aromatic carbocycles. The van der Waals surface area contributed by atoms with E-state index in [1.165, 1.54) is 18.2 Å². The molecule has 0 aromatic heterocycles. The van der Waals surface area contributed by atoms with E-state index in [2.05, 4.69) is 10.6 Å². The number of ether oxygens (including phenoxy) is 1. The van der Waals surface area contributed by atoms with Gasteiger partial charge in [-0.15, -0.1) is 0 Å². The van der Waals surface area contributed by atoms with Crippen molar-refractivity contribution in [3.63, 3.8) is 0 Å². The smallest absolute Gasteiger partial charge is 0.273 e. The maximum absolute atomic E-state index is 12.3. The van der Waals surface area contributed by atoms with Crippen molar-refractivity contribution < 1.29 is 14.5 Å². The summed E-state index contributed by atoms with van der Waals surface area (Å²) in [6, 6.07) is 18.2. The van der Waals surface area contributed by atoms with Crippen molar-refractivity contribution in [2.75, 3.05) is 5.32 Å². The van der Waals surface area contributed by atoms with Crippen LogP contribution in [0.1, 0.15) is 15.9 Å². The molecule has 3 aromatic rings. The number of nitrogens with zero attached hydrogens (tertiary/aromatic N) is 1. The van der Waals surface area contributed by atoms with Crippen LogP contribution in [0.2, 0.25) is 5.02 Å². The predicted octanol–water partition coefficient (Wildman–Crippen LogP) is 5.48. The van der Waals surface area contributed by atoms with Gasteiger partial charge in [-0.05, 0) is 73.7 Å². The maximum atomic E-state index is 12.3. The Morgan fingerprint density at radius 3 is 2.23 bits per heavy atom. The first kappa shape index (κ1) is 21.2. The van der Waals surface area contributed by atoms with Gasteiger partial charge in [0.2, 0.25) is 0 Å². The lowest BCUT2D eigenvalue weighted by molar-refractivity contribution is -0.385. The molecular weight excluding hydrogens is 426 g/mol. The molecule has 0 unspecified atom stereocenters. The molecular formula is C21H16ClN3O4S. The van der Waals surface area contributed by atoms with Crippen LogP contribution in [0.25, 0.3) is 0 Å². The molecule has 0 aliphatic carbocycles. The second-order valence-electron chi connectivity index (χ2n) is 6.25. The van der Waals surface area contributed by atoms with Crippen molar-refractivity contribution in [1.29, 1.82) is 0 Å². The van der Waals surface area contributed by atoms with E-state index in [9.17, 15) is 14.9 Å². The van der Waals surface area contributed by atoms with Gasteiger partial charge in [0.15, 0.2) is 5.11 Å². The lowest BCUT2D eigenvalue weighted by Crippen LogP contribution is -2.34. The lowest BCUT2D eigenvalue weighted by Gasteiger charge is -2.11. The minimum atomic E-state index is -0.543. The quantitative estimate of drug-likeness (QED) is 0.309. The molecule has 7 nitrogen and oxygen atoms in total. The van der Waals surface area contributed by atoms with Crippen LogP contribution in [0.15, 0.2) is 66.7 Å². The number of nitro benzene ring substituents is 1. The summed E-state index contributed by atoms with van der Waals surface area (Å²) in [5.41, 5.74) is 1.12. The minimum absolute atomic E-state index is 0.0644. The summed E-state index contributed by atoms with van der Waals surface area (Å²) >= 11 is 11.0. The summed E-state index contributed by atoms with van der Waals surface area (Å²) in [6.07, 6.45) is 0. The van der Waals surface area contributed by atoms with Gasteiger partial charge in [-0.1, -0.05) is 17.7 Å². The van der Waals surface area contributed by atoms with Gasteiger partial charge < -0.3 is 10.1 Å². The zero-order chi connectivity index (χ0) is 21.7. The van der Waals surface area contributed by atoms with Crippen molar-refractivity contribution in [2.45, 2.75) is 6.92 Å². The number of aryl methyl sites for hydroxylation is 1. The average Bonchev–Trinajstić information content (AvgIpc) is 2.71. The number of nitro groups is 1. The van der Waals surface area contributed by atoms with E-state index in [0.29, 0.717) is 27.8 Å². The maximum Gasteiger partial charge on any atom is 0.273 e. The van der Waals surface area contributed by atoms with Crippen LogP contribution in [0.3, 0.4) is 0 Å². The van der Waals surface area contributed by atoms with Crippen molar-refractivity contribution in [3.05, 3.63) is 93.0 Å². The molecule has 1 amide bonds. The van der Waals surface area contributed by atoms with Crippen molar-refractivity contribution >= 4 is 46.2 Å². The third kappa shape index (κ3) is 5.53. The largest absolute Gasteiger partial charge is 0.457 e. The molecule has 0 heterocycles. The van der Waals surface area contributed by atoms with Gasteiger partial charge in [-0.25, -0.2) is 0 Å². The molecule has 0 spiro atoms. The Morgan fingerprint density at radius 1 is 1.03 bits per heavy atom. The molecule has 9 heteroatoms. The Hall–Kier alpha value is -3.49. The predicted molar refractivity (Wildman–Crippen MR) is 119 cm³/mol. The Labute approximate surface area is 182 Å². The van der Waals surface area contributed by atoms with Crippen molar-refractivity contribution in [1.82, 2.24) is 5.32 Å². The van der Waals surface area contributed by atoms with Crippen LogP contribution in [0, 0.1) is 17.0 Å². The third-order valence-corrected chi connectivity index (χ3v) is 4.51. The number of halogens is 1. The highest BCUT2D eigenvalue weighted by molar-refractivity contribution is 7.80. The highest BCUT2D eigenvalue weighted by Gasteiger charge is 2.15. The summed E-state index contributed by atoms with van der Waals surface area (Å²) in [6.45, 7) is 1.60. The van der Waals surface area contributed by atoms with Crippen LogP contribution in [-0.2, 0) is 0 Å². The fourth-order valence-electron chi connectivity index (χ4n) is 2.53. The first-order valence-electron chi connectivity index (χ1n) is 8.73. The van der Waals surface area contributed by atoms with E-state index in [1.54, 1.807) is 55.5 Å². The number of nitrogens with one attached hydrogen (secondary N) is 2. The average molecular weight is 442 g/mol. The van der Waals surface area contributed by atoms with Crippen LogP contribution in [-0.4, -0.2) is 15.9 Å². The molecule has 0 aliphatic heterocycles. The first-order chi connectivity index (χ1) is 14.3. The lowest BCUT2D eigenvalue weighted by atomic mass is 10.1. The van der Waals surface area contributed by atoms with Crippen molar-refractivity contribution in [3.8, 4) is 11.5 Å². The highest BCUT2D eigenvalue weighted by atomic mass is 35.5. The molecule has 0 aliphatic rings. The summed E-state index contributed by atoms with van der Waals surface area (Å²) < 4.78 is 5.71. The normalized spacial score (nSPS) is 10.2. The zero-order valence-electron chi connectivity index (χ0n) is 15.7. The summed E-state index contributed by atoms with van der Waals surface area (Å²) in [5.74, 6) is 0.721. The summed E-state index contributed by atoms with van der Waals surface area (Å²) in [4.78, 5) is 22.8. The summed E-state index contributed by atoms with van der Waals surface area (Å²) in [7, 11) is 0. The topological polar surface area (TPSA) is 93.5 Å². The van der Waals surface area contributed by atoms with Gasteiger partial charge >= 0.3 is 0 Å². The molecule has 3 rings (SSSR count). The fraction of sp³-hybridized carbons (Fsp3) is 0.0476. The number of hydrogen-bond donors (Lipinski definition) is 2. The standard InChI is InChI=1S/C21H16ClN3O4S/c1-13-2-3-14(12-19(13)25(27)28)20(26)24-21(30)23-16-6-10-18(11-7-16)29-17-8-4-15(22)5-9-17/h2-12H,1H3,(H2,23,24,26,30). The van der Waals surface area contributed by atoms with Crippen molar-refractivity contribution in [2.24, 2.45) is 0 Å². The van der Waals surface area contributed by atoms with Crippen LogP contribution >= 0.6 is 23.8 Å². The van der Waals surface area contributed by atoms with Gasteiger partial charge in [-0.3, -0.25) is 20.2 Å². The number of benzene rings is 3. The van der Waals surface area contributed by atoms with Gasteiger partial charge in [0.1, 0.15) is 11.5 Å². The second kappa shape index (κ2) is 9.34. The molecule has 30 heavy (non-hydrogen) atoms. The van der Waals surface area contributed by atoms with E-state index in [4.69, 9.17) is 28.6 Å². The number of anilines is 1. The number of hydrogen-bond acceptors (Lipinski definition) is 5. The van der Waals surface area contributed by atoms with Gasteiger partial charge in [0, 0.05) is 27.9 Å². The Bertz CT molecular complexity index is 1100. The first-order valence-corrected chi connectivity index (χ1v) is 9.51. The highest BCUT2D eigenvalue weighted by Crippen LogP contribution is 2.24. The number of rotatable bonds is 5. The van der Waals surface area contributed by atoms with Gasteiger partial charge in [0.25, 0.3) is 11.6 Å². The van der Waals surface area contributed by atoms with E-state index in [-0.39, 0.29) is 16.4 Å². The second-order valence-corrected chi connectivity index (χ2v) is 7.09. The van der Waals surface area contributed by atoms with E-state index >= 15 is 0 Å². The van der Waals surface area contributed by atoms with E-state index < -0.39 is 10.8 Å². The molecule has 0 bridgehead atoms. The zero-order valence-corrected chi connectivity index (χ0v) is 17.3. The SMILES string of the molecule is Cc1ccc(C(=O)NC(=S)Nc2ccc(Oc3ccc(Cl)cc3)cc2)cc1[N+](=O)[O-]. The number of carbonyl (C=O) groups excluding carboxylic acids is 1. The Morgan fingerprint density at radius 2 is 1.63 bits per heavy atom. The van der Waals surface area contributed by atoms with Gasteiger partial charge in [0.05, 0.1) is 4.92 Å². The Kier molecular flexibility index (Phi) is 6.61. The monoisotopic (exact) mass is 441 g/mol. The summed E-state index contributed by atoms with van der Waals surface area (Å²) in [5, 5.41) is 17.1. The molecule has 0 fully saturated rings. The number of carbonyl (C=O) groups is 1. The van der Waals surface area contributed by atoms with Crippen LogP contribution in [0.4, 0.5) is 11.4 Å². The fourth-order valence-corrected chi connectivity index (χ4v) is 2.87. The van der Waals surface area contributed by atoms with E-state index in [0.717, 1.165) is 0 Å². The van der Waals surface area contributed by atoms with Crippen LogP contribution in [0.5, 0.6) is 11.5 Å². The van der Waals surface area contributed by atoms with E-state index in [1.807, 2.05) is 0 Å². The van der Waals surface area contributed by atoms with Gasteiger partial charge in [-0.2, -0.15) is 0 Å². The molecule has 2 N–H and O–H groups in total. The molecule has 0 atom stereocenters. The molecule has 152 valence electrons. The third-order valence-electron chi connectivity index (χ3n) is 4.06. The molecule has 0 saturated carbocycles. The molecule has 0 radical (unpaired) electrons.